The molecule has 0 fully saturated rings. The van der Waals surface area contributed by atoms with E-state index in [4.69, 9.17) is 4.74 Å². The summed E-state index contributed by atoms with van der Waals surface area (Å²) in [6.07, 6.45) is 3.85. The number of ketones is 2. The lowest BCUT2D eigenvalue weighted by atomic mass is 9.92. The molecular formula is C20H24O6. The number of ether oxygens (including phenoxy) is 1. The second-order valence-electron chi connectivity index (χ2n) is 6.53. The molecule has 0 saturated carbocycles. The Morgan fingerprint density at radius 1 is 1.08 bits per heavy atom. The van der Waals surface area contributed by atoms with Crippen LogP contribution >= 0.6 is 0 Å². The second-order valence-corrected chi connectivity index (χ2v) is 6.53. The first-order chi connectivity index (χ1) is 12.3. The van der Waals surface area contributed by atoms with E-state index in [1.54, 1.807) is 24.3 Å². The first kappa shape index (κ1) is 19.9. The summed E-state index contributed by atoms with van der Waals surface area (Å²) in [5.41, 5.74) is 0.653. The fourth-order valence-corrected chi connectivity index (χ4v) is 2.84. The van der Waals surface area contributed by atoms with Crippen LogP contribution < -0.4 is 4.74 Å². The summed E-state index contributed by atoms with van der Waals surface area (Å²) in [4.78, 5) is 24.5. The Morgan fingerprint density at radius 3 is 2.46 bits per heavy atom. The van der Waals surface area contributed by atoms with Crippen molar-refractivity contribution in [2.24, 2.45) is 5.92 Å². The Kier molecular flexibility index (Phi) is 6.71. The number of carbonyl (C=O) groups is 2. The zero-order chi connectivity index (χ0) is 19.3. The molecule has 0 saturated heterocycles. The molecule has 0 spiro atoms. The summed E-state index contributed by atoms with van der Waals surface area (Å²) in [6.45, 7) is 1.86. The van der Waals surface area contributed by atoms with Gasteiger partial charge in [0.25, 0.3) is 0 Å². The highest BCUT2D eigenvalue weighted by atomic mass is 16.5. The molecule has 6 heteroatoms. The van der Waals surface area contributed by atoms with E-state index in [0.717, 1.165) is 0 Å². The highest BCUT2D eigenvalue weighted by molar-refractivity contribution is 6.02. The van der Waals surface area contributed by atoms with Crippen LogP contribution in [0.3, 0.4) is 0 Å². The van der Waals surface area contributed by atoms with Crippen LogP contribution in [0.2, 0.25) is 0 Å². The van der Waals surface area contributed by atoms with E-state index >= 15 is 0 Å². The van der Waals surface area contributed by atoms with Crippen molar-refractivity contribution in [3.8, 4) is 11.5 Å². The lowest BCUT2D eigenvalue weighted by molar-refractivity contribution is -0.127. The van der Waals surface area contributed by atoms with Crippen molar-refractivity contribution in [1.82, 2.24) is 0 Å². The maximum absolute atomic E-state index is 12.7. The van der Waals surface area contributed by atoms with Crippen molar-refractivity contribution in [3.05, 3.63) is 41.5 Å². The van der Waals surface area contributed by atoms with Gasteiger partial charge < -0.3 is 20.1 Å². The van der Waals surface area contributed by atoms with Gasteiger partial charge in [-0.1, -0.05) is 25.2 Å². The summed E-state index contributed by atoms with van der Waals surface area (Å²) in [5, 5.41) is 30.1. The average Bonchev–Trinajstić information content (AvgIpc) is 2.59. The number of phenols is 1. The van der Waals surface area contributed by atoms with Crippen LogP contribution in [0.1, 0.15) is 42.1 Å². The van der Waals surface area contributed by atoms with Gasteiger partial charge in [-0.15, -0.1) is 0 Å². The first-order valence-corrected chi connectivity index (χ1v) is 8.50. The molecule has 0 radical (unpaired) electrons. The third-order valence-corrected chi connectivity index (χ3v) is 4.32. The third-order valence-electron chi connectivity index (χ3n) is 4.32. The van der Waals surface area contributed by atoms with Gasteiger partial charge in [-0.3, -0.25) is 9.59 Å². The molecule has 2 rings (SSSR count). The number of allylic oxidation sites excluding steroid dienone is 1. The Balaban J connectivity index is 2.45. The van der Waals surface area contributed by atoms with Crippen LogP contribution in [0, 0.1) is 5.92 Å². The Labute approximate surface area is 152 Å². The molecule has 0 heterocycles. The number of Topliss-reactive ketones (excluding diaryl/α,β-unsaturated/α-hetero) is 1. The fourth-order valence-electron chi connectivity index (χ4n) is 2.84. The maximum Gasteiger partial charge on any atom is 0.186 e. The number of aromatic hydroxyl groups is 1. The minimum Gasteiger partial charge on any atom is -0.507 e. The number of hydrogen-bond acceptors (Lipinski definition) is 6. The van der Waals surface area contributed by atoms with E-state index in [-0.39, 0.29) is 35.9 Å². The van der Waals surface area contributed by atoms with Crippen LogP contribution in [0.25, 0.3) is 6.08 Å². The van der Waals surface area contributed by atoms with Gasteiger partial charge in [0.1, 0.15) is 17.6 Å². The molecule has 0 amide bonds. The Hall–Kier alpha value is -2.44. The number of carbonyl (C=O) groups excluding carboxylic acids is 2. The molecular weight excluding hydrogens is 336 g/mol. The molecule has 140 valence electrons. The largest absolute Gasteiger partial charge is 0.507 e. The van der Waals surface area contributed by atoms with E-state index in [2.05, 4.69) is 0 Å². The Bertz CT molecular complexity index is 734. The molecule has 0 bridgehead atoms. The van der Waals surface area contributed by atoms with Gasteiger partial charge in [0, 0.05) is 12.5 Å². The number of aliphatic hydroxyl groups excluding tert-OH is 2. The Morgan fingerprint density at radius 2 is 1.77 bits per heavy atom. The number of aliphatic hydroxyl groups is 2. The van der Waals surface area contributed by atoms with Crippen LogP contribution in [-0.2, 0) is 4.79 Å². The number of fused-ring (bicyclic) bond motifs is 1. The van der Waals surface area contributed by atoms with Gasteiger partial charge in [0.05, 0.1) is 18.8 Å². The molecule has 1 aromatic rings. The van der Waals surface area contributed by atoms with E-state index in [9.17, 15) is 24.9 Å². The topological polar surface area (TPSA) is 104 Å². The number of phenolic OH excluding ortho intramolecular Hbond substituents is 1. The van der Waals surface area contributed by atoms with Crippen LogP contribution in [0.5, 0.6) is 11.5 Å². The molecule has 3 unspecified atom stereocenters. The van der Waals surface area contributed by atoms with Gasteiger partial charge in [0.15, 0.2) is 11.6 Å². The van der Waals surface area contributed by atoms with Crippen molar-refractivity contribution in [2.75, 3.05) is 7.11 Å². The van der Waals surface area contributed by atoms with E-state index in [1.807, 2.05) is 6.92 Å². The normalized spacial score (nSPS) is 27.3. The van der Waals surface area contributed by atoms with Crippen molar-refractivity contribution in [2.45, 2.75) is 38.4 Å². The fraction of sp³-hybridized carbons (Fsp3) is 0.400. The van der Waals surface area contributed by atoms with Crippen molar-refractivity contribution in [3.63, 3.8) is 0 Å². The molecule has 0 aromatic heterocycles. The predicted molar refractivity (Wildman–Crippen MR) is 97.2 cm³/mol. The minimum absolute atomic E-state index is 0.0166. The molecule has 0 aliphatic heterocycles. The monoisotopic (exact) mass is 360 g/mol. The van der Waals surface area contributed by atoms with Gasteiger partial charge in [0.2, 0.25) is 0 Å². The molecule has 1 aliphatic rings. The lowest BCUT2D eigenvalue weighted by Crippen LogP contribution is -2.32. The number of benzene rings is 1. The molecule has 1 aliphatic carbocycles. The third kappa shape index (κ3) is 4.80. The molecule has 6 nitrogen and oxygen atoms in total. The summed E-state index contributed by atoms with van der Waals surface area (Å²) in [7, 11) is 1.45. The summed E-state index contributed by atoms with van der Waals surface area (Å²) in [6, 6.07) is 3.00. The van der Waals surface area contributed by atoms with E-state index in [1.165, 1.54) is 19.3 Å². The zero-order valence-corrected chi connectivity index (χ0v) is 14.9. The summed E-state index contributed by atoms with van der Waals surface area (Å²) < 4.78 is 5.13. The van der Waals surface area contributed by atoms with Crippen molar-refractivity contribution >= 4 is 17.6 Å². The lowest BCUT2D eigenvalue weighted by Gasteiger charge is -2.15. The zero-order valence-electron chi connectivity index (χ0n) is 14.9. The van der Waals surface area contributed by atoms with E-state index < -0.39 is 18.0 Å². The highest BCUT2D eigenvalue weighted by Gasteiger charge is 2.23. The van der Waals surface area contributed by atoms with Gasteiger partial charge in [-0.05, 0) is 36.5 Å². The smallest absolute Gasteiger partial charge is 0.186 e. The van der Waals surface area contributed by atoms with Crippen molar-refractivity contribution < 1.29 is 29.6 Å². The maximum atomic E-state index is 12.7. The SMILES string of the molecule is COc1cc(O)c2c(c1)/C=C/CC(O)C(O)C(=O)/C=C\CC(C)CC2=O. The van der Waals surface area contributed by atoms with Crippen LogP contribution in [-0.4, -0.2) is 46.2 Å². The average molecular weight is 360 g/mol. The van der Waals surface area contributed by atoms with E-state index in [0.29, 0.717) is 17.7 Å². The van der Waals surface area contributed by atoms with Gasteiger partial charge in [-0.25, -0.2) is 0 Å². The standard InChI is InChI=1S/C20H24O6/c1-12-5-3-7-15(21)20(25)16(22)8-4-6-13-10-14(26-2)11-18(24)19(13)17(23)9-12/h3-4,6-7,10-12,16,20,22,24-25H,5,8-9H2,1-2H3/b6-4+,7-3-. The summed E-state index contributed by atoms with van der Waals surface area (Å²) in [5.74, 6) is -0.614. The number of rotatable bonds is 1. The minimum atomic E-state index is -1.51. The summed E-state index contributed by atoms with van der Waals surface area (Å²) >= 11 is 0. The van der Waals surface area contributed by atoms with Gasteiger partial charge in [-0.2, -0.15) is 0 Å². The molecule has 1 aromatic carbocycles. The second kappa shape index (κ2) is 8.78. The predicted octanol–water partition coefficient (Wildman–Crippen LogP) is 2.26. The van der Waals surface area contributed by atoms with Crippen LogP contribution in [0.4, 0.5) is 0 Å². The van der Waals surface area contributed by atoms with Crippen molar-refractivity contribution in [1.29, 1.82) is 0 Å². The van der Waals surface area contributed by atoms with Gasteiger partial charge >= 0.3 is 0 Å². The molecule has 3 atom stereocenters. The first-order valence-electron chi connectivity index (χ1n) is 8.50. The molecule has 3 N–H and O–H groups in total. The van der Waals surface area contributed by atoms with Crippen LogP contribution in [0.15, 0.2) is 30.4 Å². The quantitative estimate of drug-likeness (QED) is 0.710. The number of hydrogen-bond donors (Lipinski definition) is 3. The molecule has 26 heavy (non-hydrogen) atoms. The number of methoxy groups -OCH3 is 1. The highest BCUT2D eigenvalue weighted by Crippen LogP contribution is 2.31.